The monoisotopic (exact) mass is 301 g/mol. The Kier molecular flexibility index (Phi) is 4.14. The molecule has 1 saturated carbocycles. The predicted octanol–water partition coefficient (Wildman–Crippen LogP) is 2.29. The number of nitrogens with one attached hydrogen (secondary N) is 1. The second-order valence-corrected chi connectivity index (χ2v) is 6.48. The number of amides is 2. The third kappa shape index (κ3) is 3.13. The smallest absolute Gasteiger partial charge is 0.229 e. The lowest BCUT2D eigenvalue weighted by molar-refractivity contribution is -0.135. The third-order valence-electron chi connectivity index (χ3n) is 4.63. The minimum atomic E-state index is -0.115. The molecule has 0 aromatic carbocycles. The molecular formula is C17H23N3O2. The van der Waals surface area contributed by atoms with Crippen LogP contribution in [0.3, 0.4) is 0 Å². The van der Waals surface area contributed by atoms with Crippen LogP contribution in [-0.4, -0.2) is 34.8 Å². The van der Waals surface area contributed by atoms with E-state index in [1.54, 1.807) is 6.20 Å². The predicted molar refractivity (Wildman–Crippen MR) is 84.4 cm³/mol. The molecule has 1 saturated heterocycles. The highest BCUT2D eigenvalue weighted by molar-refractivity contribution is 5.94. The molecule has 22 heavy (non-hydrogen) atoms. The Balaban J connectivity index is 1.65. The first-order chi connectivity index (χ1) is 10.6. The van der Waals surface area contributed by atoms with Gasteiger partial charge in [-0.25, -0.2) is 0 Å². The number of nitrogens with zero attached hydrogens (tertiary/aromatic N) is 2. The summed E-state index contributed by atoms with van der Waals surface area (Å²) in [5, 5.41) is 3.01. The fourth-order valence-corrected chi connectivity index (χ4v) is 3.09. The average molecular weight is 301 g/mol. The molecule has 1 unspecified atom stereocenters. The van der Waals surface area contributed by atoms with Crippen LogP contribution in [0.25, 0.3) is 0 Å². The Bertz CT molecular complexity index is 575. The summed E-state index contributed by atoms with van der Waals surface area (Å²) < 4.78 is 0. The zero-order chi connectivity index (χ0) is 15.7. The first-order valence-corrected chi connectivity index (χ1v) is 8.08. The number of pyridine rings is 1. The van der Waals surface area contributed by atoms with E-state index in [2.05, 4.69) is 10.3 Å². The van der Waals surface area contributed by atoms with E-state index in [0.717, 1.165) is 49.2 Å². The normalized spacial score (nSPS) is 21.5. The zero-order valence-electron chi connectivity index (χ0n) is 13.3. The lowest BCUT2D eigenvalue weighted by Gasteiger charge is -2.32. The van der Waals surface area contributed by atoms with Crippen molar-refractivity contribution in [2.24, 2.45) is 11.8 Å². The summed E-state index contributed by atoms with van der Waals surface area (Å²) in [4.78, 5) is 30.8. The maximum absolute atomic E-state index is 12.5. The van der Waals surface area contributed by atoms with Crippen LogP contribution in [0, 0.1) is 25.7 Å². The fraction of sp³-hybridized carbons (Fsp3) is 0.588. The van der Waals surface area contributed by atoms with Crippen LogP contribution < -0.4 is 5.32 Å². The van der Waals surface area contributed by atoms with E-state index in [1.165, 1.54) is 0 Å². The van der Waals surface area contributed by atoms with Gasteiger partial charge in [0.1, 0.15) is 0 Å². The summed E-state index contributed by atoms with van der Waals surface area (Å²) in [6.45, 7) is 5.21. The van der Waals surface area contributed by atoms with E-state index >= 15 is 0 Å². The summed E-state index contributed by atoms with van der Waals surface area (Å²) >= 11 is 0. The molecule has 1 aliphatic carbocycles. The summed E-state index contributed by atoms with van der Waals surface area (Å²) in [7, 11) is 0. The van der Waals surface area contributed by atoms with Crippen LogP contribution in [0.5, 0.6) is 0 Å². The van der Waals surface area contributed by atoms with Crippen molar-refractivity contribution in [3.8, 4) is 0 Å². The molecular weight excluding hydrogens is 278 g/mol. The summed E-state index contributed by atoms with van der Waals surface area (Å²) in [6.07, 6.45) is 5.53. The molecule has 1 aromatic heterocycles. The number of aromatic nitrogens is 1. The van der Waals surface area contributed by atoms with E-state index in [0.29, 0.717) is 6.54 Å². The van der Waals surface area contributed by atoms with E-state index in [4.69, 9.17) is 0 Å². The van der Waals surface area contributed by atoms with Gasteiger partial charge in [0.2, 0.25) is 11.8 Å². The molecule has 0 radical (unpaired) electrons. The van der Waals surface area contributed by atoms with Crippen molar-refractivity contribution in [3.05, 3.63) is 23.5 Å². The van der Waals surface area contributed by atoms with Crippen LogP contribution in [-0.2, 0) is 9.59 Å². The number of carbonyl (C=O) groups is 2. The highest BCUT2D eigenvalue weighted by atomic mass is 16.2. The number of anilines is 1. The number of rotatable bonds is 3. The van der Waals surface area contributed by atoms with Crippen molar-refractivity contribution in [3.63, 3.8) is 0 Å². The van der Waals surface area contributed by atoms with Gasteiger partial charge in [0.15, 0.2) is 0 Å². The van der Waals surface area contributed by atoms with Crippen molar-refractivity contribution < 1.29 is 9.59 Å². The number of hydrogen-bond donors (Lipinski definition) is 1. The molecule has 1 aliphatic heterocycles. The Morgan fingerprint density at radius 2 is 2.00 bits per heavy atom. The molecule has 1 N–H and O–H groups in total. The average Bonchev–Trinajstić information content (AvgIpc) is 3.35. The summed E-state index contributed by atoms with van der Waals surface area (Å²) in [5.41, 5.74) is 2.65. The first-order valence-electron chi connectivity index (χ1n) is 8.08. The number of likely N-dealkylation sites (tertiary alicyclic amines) is 1. The van der Waals surface area contributed by atoms with Gasteiger partial charge in [-0.05, 0) is 51.2 Å². The quantitative estimate of drug-likeness (QED) is 0.931. The molecule has 0 spiro atoms. The van der Waals surface area contributed by atoms with Gasteiger partial charge in [-0.1, -0.05) is 0 Å². The molecule has 2 aliphatic rings. The summed E-state index contributed by atoms with van der Waals surface area (Å²) in [6, 6.07) is 1.90. The molecule has 3 rings (SSSR count). The van der Waals surface area contributed by atoms with E-state index in [9.17, 15) is 9.59 Å². The molecule has 2 amide bonds. The maximum atomic E-state index is 12.5. The number of piperidine rings is 1. The molecule has 5 nitrogen and oxygen atoms in total. The largest absolute Gasteiger partial charge is 0.342 e. The van der Waals surface area contributed by atoms with Gasteiger partial charge in [0, 0.05) is 25.2 Å². The van der Waals surface area contributed by atoms with Crippen molar-refractivity contribution in [2.45, 2.75) is 39.5 Å². The van der Waals surface area contributed by atoms with Gasteiger partial charge in [-0.15, -0.1) is 0 Å². The fourth-order valence-electron chi connectivity index (χ4n) is 3.09. The van der Waals surface area contributed by atoms with E-state index in [-0.39, 0.29) is 23.7 Å². The number of hydrogen-bond acceptors (Lipinski definition) is 3. The summed E-state index contributed by atoms with van der Waals surface area (Å²) in [5.74, 6) is 0.360. The SMILES string of the molecule is Cc1ccnc(C)c1NC(=O)C1CCCN(C(=O)C2CC2)C1. The molecule has 0 bridgehead atoms. The molecule has 2 heterocycles. The zero-order valence-corrected chi connectivity index (χ0v) is 13.3. The molecule has 2 fully saturated rings. The standard InChI is InChI=1S/C17H23N3O2/c1-11-7-8-18-12(2)15(11)19-16(21)14-4-3-9-20(10-14)17(22)13-5-6-13/h7-8,13-14H,3-6,9-10H2,1-2H3,(H,19,21). The van der Waals surface area contributed by atoms with Crippen LogP contribution >= 0.6 is 0 Å². The van der Waals surface area contributed by atoms with Crippen molar-refractivity contribution in [2.75, 3.05) is 18.4 Å². The second-order valence-electron chi connectivity index (χ2n) is 6.48. The highest BCUT2D eigenvalue weighted by Crippen LogP contribution is 2.32. The Labute approximate surface area is 131 Å². The van der Waals surface area contributed by atoms with E-state index in [1.807, 2.05) is 24.8 Å². The minimum Gasteiger partial charge on any atom is -0.342 e. The van der Waals surface area contributed by atoms with E-state index < -0.39 is 0 Å². The van der Waals surface area contributed by atoms with Gasteiger partial charge < -0.3 is 10.2 Å². The van der Waals surface area contributed by atoms with Crippen LogP contribution in [0.1, 0.15) is 36.9 Å². The van der Waals surface area contributed by atoms with Crippen LogP contribution in [0.2, 0.25) is 0 Å². The molecule has 5 heteroatoms. The minimum absolute atomic E-state index is 0.00694. The topological polar surface area (TPSA) is 62.3 Å². The maximum Gasteiger partial charge on any atom is 0.229 e. The van der Waals surface area contributed by atoms with Gasteiger partial charge in [-0.3, -0.25) is 14.6 Å². The third-order valence-corrected chi connectivity index (χ3v) is 4.63. The number of carbonyl (C=O) groups excluding carboxylic acids is 2. The lowest BCUT2D eigenvalue weighted by Crippen LogP contribution is -2.44. The van der Waals surface area contributed by atoms with Crippen molar-refractivity contribution >= 4 is 17.5 Å². The highest BCUT2D eigenvalue weighted by Gasteiger charge is 2.36. The Hall–Kier alpha value is -1.91. The second kappa shape index (κ2) is 6.07. The molecule has 118 valence electrons. The lowest BCUT2D eigenvalue weighted by atomic mass is 9.96. The van der Waals surface area contributed by atoms with Crippen molar-refractivity contribution in [1.82, 2.24) is 9.88 Å². The molecule has 1 atom stereocenters. The van der Waals surface area contributed by atoms with Gasteiger partial charge in [0.25, 0.3) is 0 Å². The van der Waals surface area contributed by atoms with Crippen molar-refractivity contribution in [1.29, 1.82) is 0 Å². The van der Waals surface area contributed by atoms with Gasteiger partial charge >= 0.3 is 0 Å². The van der Waals surface area contributed by atoms with Gasteiger partial charge in [-0.2, -0.15) is 0 Å². The first kappa shape index (κ1) is 15.0. The van der Waals surface area contributed by atoms with Crippen LogP contribution in [0.4, 0.5) is 5.69 Å². The Morgan fingerprint density at radius 3 is 2.68 bits per heavy atom. The Morgan fingerprint density at radius 1 is 1.23 bits per heavy atom. The van der Waals surface area contributed by atoms with Gasteiger partial charge in [0.05, 0.1) is 17.3 Å². The van der Waals surface area contributed by atoms with Crippen LogP contribution in [0.15, 0.2) is 12.3 Å². The number of aryl methyl sites for hydroxylation is 2. The molecule has 1 aromatic rings.